The molecule has 6 heteroatoms. The van der Waals surface area contributed by atoms with Crippen LogP contribution in [0.2, 0.25) is 0 Å². The maximum Gasteiger partial charge on any atom is 0.337 e. The first-order chi connectivity index (χ1) is 16.9. The van der Waals surface area contributed by atoms with Crippen LogP contribution < -0.4 is 15.5 Å². The Labute approximate surface area is 205 Å². The van der Waals surface area contributed by atoms with Gasteiger partial charge in [-0.05, 0) is 59.9 Å². The Morgan fingerprint density at radius 2 is 1.54 bits per heavy atom. The summed E-state index contributed by atoms with van der Waals surface area (Å²) in [5, 5.41) is 7.15. The molecule has 1 heterocycles. The summed E-state index contributed by atoms with van der Waals surface area (Å²) >= 11 is 0. The number of benzene rings is 3. The van der Waals surface area contributed by atoms with Gasteiger partial charge in [0, 0.05) is 37.5 Å². The van der Waals surface area contributed by atoms with Crippen LogP contribution in [0, 0.1) is 0 Å². The van der Waals surface area contributed by atoms with Crippen LogP contribution in [0.3, 0.4) is 0 Å². The number of nitrogens with zero attached hydrogens (tertiary/aromatic N) is 1. The van der Waals surface area contributed by atoms with Crippen LogP contribution in [0.1, 0.15) is 46.3 Å². The highest BCUT2D eigenvalue weighted by atomic mass is 16.5. The predicted molar refractivity (Wildman–Crippen MR) is 139 cm³/mol. The number of ether oxygens (including phenoxy) is 1. The van der Waals surface area contributed by atoms with E-state index < -0.39 is 0 Å². The average molecular weight is 468 g/mol. The van der Waals surface area contributed by atoms with Crippen LogP contribution in [-0.4, -0.2) is 33.0 Å². The van der Waals surface area contributed by atoms with E-state index in [2.05, 4.69) is 39.8 Å². The minimum Gasteiger partial charge on any atom is -0.465 e. The summed E-state index contributed by atoms with van der Waals surface area (Å²) in [5.74, 6) is -0.144. The van der Waals surface area contributed by atoms with Gasteiger partial charge in [-0.1, -0.05) is 36.4 Å². The summed E-state index contributed by atoms with van der Waals surface area (Å²) in [6.45, 7) is 0. The number of rotatable bonds is 4. The lowest BCUT2D eigenvalue weighted by atomic mass is 9.78. The molecule has 178 valence electrons. The number of methoxy groups -OCH3 is 1. The zero-order valence-corrected chi connectivity index (χ0v) is 20.2. The third-order valence-electron chi connectivity index (χ3n) is 6.85. The van der Waals surface area contributed by atoms with Crippen molar-refractivity contribution in [1.29, 1.82) is 0 Å². The maximum absolute atomic E-state index is 13.7. The lowest BCUT2D eigenvalue weighted by Gasteiger charge is -2.30. The standard InChI is InChI=1S/C29H29N3O3/c1-32(2)22-14-12-18(13-15-22)21-16-25-27(26(33)17-21)28(31-24-7-5-4-6-23(24)30-25)19-8-10-20(11-9-19)29(34)35-3/h4-15,21,28,30-31H,16-17H2,1-3H3/t21-,28+/m1/s1. The number of para-hydroxylation sites is 2. The molecule has 6 nitrogen and oxygen atoms in total. The second-order valence-corrected chi connectivity index (χ2v) is 9.27. The van der Waals surface area contributed by atoms with Gasteiger partial charge in [0.05, 0.1) is 30.1 Å². The van der Waals surface area contributed by atoms with Gasteiger partial charge in [0.15, 0.2) is 5.78 Å². The zero-order valence-electron chi connectivity index (χ0n) is 20.2. The molecule has 0 saturated carbocycles. The molecule has 3 aromatic rings. The smallest absolute Gasteiger partial charge is 0.337 e. The second-order valence-electron chi connectivity index (χ2n) is 9.27. The zero-order chi connectivity index (χ0) is 24.5. The van der Waals surface area contributed by atoms with Crippen molar-refractivity contribution in [2.75, 3.05) is 36.7 Å². The Morgan fingerprint density at radius 1 is 0.886 bits per heavy atom. The first kappa shape index (κ1) is 22.7. The van der Waals surface area contributed by atoms with Crippen molar-refractivity contribution >= 4 is 28.8 Å². The first-order valence-electron chi connectivity index (χ1n) is 11.8. The van der Waals surface area contributed by atoms with Gasteiger partial charge in [-0.2, -0.15) is 0 Å². The maximum atomic E-state index is 13.7. The van der Waals surface area contributed by atoms with Crippen LogP contribution in [0.15, 0.2) is 84.1 Å². The number of carbonyl (C=O) groups is 2. The van der Waals surface area contributed by atoms with Crippen LogP contribution in [0.25, 0.3) is 0 Å². The average Bonchev–Trinajstić information content (AvgIpc) is 3.05. The number of hydrogen-bond donors (Lipinski definition) is 2. The summed E-state index contributed by atoms with van der Waals surface area (Å²) in [4.78, 5) is 27.7. The molecule has 2 atom stereocenters. The molecule has 0 amide bonds. The Kier molecular flexibility index (Phi) is 6.03. The van der Waals surface area contributed by atoms with Gasteiger partial charge in [-0.3, -0.25) is 4.79 Å². The Balaban J connectivity index is 1.53. The minimum absolute atomic E-state index is 0.109. The molecule has 35 heavy (non-hydrogen) atoms. The molecule has 0 unspecified atom stereocenters. The summed E-state index contributed by atoms with van der Waals surface area (Å²) in [5.41, 5.74) is 7.29. The number of hydrogen-bond acceptors (Lipinski definition) is 6. The van der Waals surface area contributed by atoms with Crippen LogP contribution in [-0.2, 0) is 9.53 Å². The van der Waals surface area contributed by atoms with E-state index in [1.165, 1.54) is 12.7 Å². The summed E-state index contributed by atoms with van der Waals surface area (Å²) in [7, 11) is 5.41. The van der Waals surface area contributed by atoms with Gasteiger partial charge in [-0.15, -0.1) is 0 Å². The Morgan fingerprint density at radius 3 is 2.20 bits per heavy atom. The summed E-state index contributed by atoms with van der Waals surface area (Å²) in [6.07, 6.45) is 1.20. The molecule has 2 aliphatic rings. The van der Waals surface area contributed by atoms with E-state index in [-0.39, 0.29) is 23.7 Å². The number of Topliss-reactive ketones (excluding diaryl/α,β-unsaturated/α-hetero) is 1. The third-order valence-corrected chi connectivity index (χ3v) is 6.85. The monoisotopic (exact) mass is 467 g/mol. The van der Waals surface area contributed by atoms with Gasteiger partial charge in [-0.25, -0.2) is 4.79 Å². The fourth-order valence-corrected chi connectivity index (χ4v) is 4.95. The Hall–Kier alpha value is -4.06. The van der Waals surface area contributed by atoms with Gasteiger partial charge < -0.3 is 20.3 Å². The van der Waals surface area contributed by atoms with Crippen molar-refractivity contribution < 1.29 is 14.3 Å². The van der Waals surface area contributed by atoms with Crippen LogP contribution in [0.5, 0.6) is 0 Å². The van der Waals surface area contributed by atoms with E-state index in [1.807, 2.05) is 50.5 Å². The molecular weight excluding hydrogens is 438 g/mol. The van der Waals surface area contributed by atoms with E-state index in [0.717, 1.165) is 40.3 Å². The van der Waals surface area contributed by atoms with E-state index in [4.69, 9.17) is 4.74 Å². The molecule has 2 N–H and O–H groups in total. The molecule has 0 radical (unpaired) electrons. The third kappa shape index (κ3) is 4.39. The topological polar surface area (TPSA) is 70.7 Å². The number of fused-ring (bicyclic) bond motifs is 1. The summed E-state index contributed by atoms with van der Waals surface area (Å²) in [6, 6.07) is 23.4. The lowest BCUT2D eigenvalue weighted by molar-refractivity contribution is -0.116. The highest BCUT2D eigenvalue weighted by Gasteiger charge is 2.36. The number of carbonyl (C=O) groups excluding carboxylic acids is 2. The van der Waals surface area contributed by atoms with Crippen molar-refractivity contribution in [3.8, 4) is 0 Å². The fraction of sp³-hybridized carbons (Fsp3) is 0.241. The first-order valence-corrected chi connectivity index (χ1v) is 11.8. The fourth-order valence-electron chi connectivity index (χ4n) is 4.95. The quantitative estimate of drug-likeness (QED) is 0.493. The Bertz CT molecular complexity index is 1290. The number of allylic oxidation sites excluding steroid dienone is 1. The van der Waals surface area contributed by atoms with Gasteiger partial charge in [0.1, 0.15) is 0 Å². The SMILES string of the molecule is COC(=O)c1ccc([C@@H]2Nc3ccccc3NC3=C2C(=O)C[C@H](c2ccc(N(C)C)cc2)C3)cc1. The van der Waals surface area contributed by atoms with Crippen molar-refractivity contribution in [1.82, 2.24) is 0 Å². The van der Waals surface area contributed by atoms with Gasteiger partial charge >= 0.3 is 5.97 Å². The molecule has 0 spiro atoms. The number of nitrogens with one attached hydrogen (secondary N) is 2. The molecule has 5 rings (SSSR count). The minimum atomic E-state index is -0.380. The van der Waals surface area contributed by atoms with E-state index in [9.17, 15) is 9.59 Å². The van der Waals surface area contributed by atoms with Crippen molar-refractivity contribution in [2.24, 2.45) is 0 Å². The predicted octanol–water partition coefficient (Wildman–Crippen LogP) is 5.52. The molecule has 0 fully saturated rings. The largest absolute Gasteiger partial charge is 0.465 e. The van der Waals surface area contributed by atoms with Gasteiger partial charge in [0.2, 0.25) is 0 Å². The van der Waals surface area contributed by atoms with Crippen molar-refractivity contribution in [2.45, 2.75) is 24.8 Å². The number of anilines is 3. The van der Waals surface area contributed by atoms with E-state index in [0.29, 0.717) is 12.0 Å². The van der Waals surface area contributed by atoms with Gasteiger partial charge in [0.25, 0.3) is 0 Å². The van der Waals surface area contributed by atoms with Crippen molar-refractivity contribution in [3.63, 3.8) is 0 Å². The van der Waals surface area contributed by atoms with E-state index >= 15 is 0 Å². The lowest BCUT2D eigenvalue weighted by Crippen LogP contribution is -2.27. The number of ketones is 1. The van der Waals surface area contributed by atoms with Crippen LogP contribution in [0.4, 0.5) is 17.1 Å². The molecule has 0 saturated heterocycles. The molecule has 1 aliphatic carbocycles. The highest BCUT2D eigenvalue weighted by Crippen LogP contribution is 2.44. The normalized spacial score (nSPS) is 19.0. The van der Waals surface area contributed by atoms with E-state index in [1.54, 1.807) is 12.1 Å². The summed E-state index contributed by atoms with van der Waals surface area (Å²) < 4.78 is 4.83. The molecular formula is C29H29N3O3. The van der Waals surface area contributed by atoms with Crippen molar-refractivity contribution in [3.05, 3.63) is 101 Å². The molecule has 1 aliphatic heterocycles. The van der Waals surface area contributed by atoms with Crippen LogP contribution >= 0.6 is 0 Å². The second kappa shape index (κ2) is 9.29. The number of esters is 1. The molecule has 0 bridgehead atoms. The molecule has 0 aromatic heterocycles. The molecule has 3 aromatic carbocycles. The highest BCUT2D eigenvalue weighted by molar-refractivity contribution is 6.01.